The van der Waals surface area contributed by atoms with Crippen LogP contribution in [0.1, 0.15) is 24.0 Å². The first kappa shape index (κ1) is 18.8. The number of amides is 1. The molecule has 2 aromatic rings. The van der Waals surface area contributed by atoms with Gasteiger partial charge in [-0.3, -0.25) is 4.79 Å². The van der Waals surface area contributed by atoms with Crippen molar-refractivity contribution in [2.75, 3.05) is 20.3 Å². The number of esters is 1. The number of hydrogen-bond acceptors (Lipinski definition) is 5. The molecule has 1 saturated carbocycles. The van der Waals surface area contributed by atoms with Gasteiger partial charge in [-0.05, 0) is 36.1 Å². The Bertz CT molecular complexity index is 769. The summed E-state index contributed by atoms with van der Waals surface area (Å²) in [6, 6.07) is 16.9. The largest absolute Gasteiger partial charge is 0.492 e. The minimum Gasteiger partial charge on any atom is -0.492 e. The molecule has 0 unspecified atom stereocenters. The molecule has 142 valence electrons. The summed E-state index contributed by atoms with van der Waals surface area (Å²) >= 11 is 0. The molecule has 1 aliphatic rings. The zero-order valence-corrected chi connectivity index (χ0v) is 15.3. The molecule has 0 aliphatic heterocycles. The standard InChI is InChI=1S/C21H23NO5/c1-25-19(23)21(11-12-21)17-7-9-18(10-8-17)26-14-13-22-20(24)27-15-16-5-3-2-4-6-16/h2-10H,11-15H2,1H3,(H,22,24). The van der Waals surface area contributed by atoms with E-state index in [1.807, 2.05) is 54.6 Å². The highest BCUT2D eigenvalue weighted by molar-refractivity contribution is 5.86. The fraction of sp³-hybridized carbons (Fsp3) is 0.333. The fourth-order valence-corrected chi connectivity index (χ4v) is 2.90. The van der Waals surface area contributed by atoms with E-state index in [2.05, 4.69) is 5.32 Å². The van der Waals surface area contributed by atoms with E-state index in [1.165, 1.54) is 7.11 Å². The summed E-state index contributed by atoms with van der Waals surface area (Å²) in [5.74, 6) is 0.494. The van der Waals surface area contributed by atoms with Crippen molar-refractivity contribution in [3.8, 4) is 5.75 Å². The van der Waals surface area contributed by atoms with Crippen molar-refractivity contribution in [2.24, 2.45) is 0 Å². The van der Waals surface area contributed by atoms with Crippen molar-refractivity contribution >= 4 is 12.1 Å². The predicted octanol–water partition coefficient (Wildman–Crippen LogP) is 3.20. The number of rotatable bonds is 8. The van der Waals surface area contributed by atoms with E-state index in [1.54, 1.807) is 0 Å². The van der Waals surface area contributed by atoms with Gasteiger partial charge in [-0.1, -0.05) is 42.5 Å². The molecule has 2 aromatic carbocycles. The van der Waals surface area contributed by atoms with Crippen LogP contribution < -0.4 is 10.1 Å². The maximum Gasteiger partial charge on any atom is 0.407 e. The molecule has 0 heterocycles. The molecule has 27 heavy (non-hydrogen) atoms. The summed E-state index contributed by atoms with van der Waals surface area (Å²) < 4.78 is 15.6. The van der Waals surface area contributed by atoms with Crippen molar-refractivity contribution < 1.29 is 23.8 Å². The predicted molar refractivity (Wildman–Crippen MR) is 99.5 cm³/mol. The smallest absolute Gasteiger partial charge is 0.407 e. The lowest BCUT2D eigenvalue weighted by molar-refractivity contribution is -0.143. The molecule has 0 atom stereocenters. The first-order valence-electron chi connectivity index (χ1n) is 8.90. The topological polar surface area (TPSA) is 73.9 Å². The molecule has 6 nitrogen and oxygen atoms in total. The highest BCUT2D eigenvalue weighted by Gasteiger charge is 2.52. The third-order valence-corrected chi connectivity index (χ3v) is 4.59. The zero-order valence-electron chi connectivity index (χ0n) is 15.3. The Morgan fingerprint density at radius 2 is 1.74 bits per heavy atom. The van der Waals surface area contributed by atoms with Crippen molar-refractivity contribution in [1.29, 1.82) is 0 Å². The highest BCUT2D eigenvalue weighted by atomic mass is 16.5. The second kappa shape index (κ2) is 8.58. The van der Waals surface area contributed by atoms with Crippen LogP contribution >= 0.6 is 0 Å². The van der Waals surface area contributed by atoms with Crippen LogP contribution in [0.4, 0.5) is 4.79 Å². The van der Waals surface area contributed by atoms with Crippen molar-refractivity contribution in [3.05, 3.63) is 65.7 Å². The number of hydrogen-bond donors (Lipinski definition) is 1. The van der Waals surface area contributed by atoms with Crippen LogP contribution in [0.3, 0.4) is 0 Å². The molecule has 6 heteroatoms. The van der Waals surface area contributed by atoms with Crippen LogP contribution in [0.25, 0.3) is 0 Å². The van der Waals surface area contributed by atoms with Crippen LogP contribution in [0.15, 0.2) is 54.6 Å². The van der Waals surface area contributed by atoms with Gasteiger partial charge in [-0.25, -0.2) is 4.79 Å². The number of carbonyl (C=O) groups is 2. The van der Waals surface area contributed by atoms with Gasteiger partial charge in [0.15, 0.2) is 0 Å². The van der Waals surface area contributed by atoms with Gasteiger partial charge >= 0.3 is 12.1 Å². The summed E-state index contributed by atoms with van der Waals surface area (Å²) in [5, 5.41) is 2.64. The maximum absolute atomic E-state index is 11.9. The number of carbonyl (C=O) groups excluding carboxylic acids is 2. The molecule has 0 aromatic heterocycles. The number of ether oxygens (including phenoxy) is 3. The van der Waals surface area contributed by atoms with Gasteiger partial charge in [0.05, 0.1) is 19.1 Å². The van der Waals surface area contributed by atoms with E-state index in [9.17, 15) is 9.59 Å². The Kier molecular flexibility index (Phi) is 5.96. The lowest BCUT2D eigenvalue weighted by Crippen LogP contribution is -2.28. The van der Waals surface area contributed by atoms with Gasteiger partial charge in [-0.2, -0.15) is 0 Å². The number of benzene rings is 2. The van der Waals surface area contributed by atoms with E-state index in [0.717, 1.165) is 24.0 Å². The Hall–Kier alpha value is -3.02. The summed E-state index contributed by atoms with van der Waals surface area (Å²) in [5.41, 5.74) is 1.41. The van der Waals surface area contributed by atoms with Gasteiger partial charge in [0.1, 0.15) is 19.0 Å². The van der Waals surface area contributed by atoms with Crippen LogP contribution in [0.2, 0.25) is 0 Å². The van der Waals surface area contributed by atoms with Crippen LogP contribution in [0, 0.1) is 0 Å². The van der Waals surface area contributed by atoms with E-state index in [-0.39, 0.29) is 12.6 Å². The first-order valence-corrected chi connectivity index (χ1v) is 8.90. The molecule has 1 amide bonds. The Morgan fingerprint density at radius 1 is 1.04 bits per heavy atom. The minimum absolute atomic E-state index is 0.186. The number of nitrogens with one attached hydrogen (secondary N) is 1. The summed E-state index contributed by atoms with van der Waals surface area (Å²) in [6.45, 7) is 0.889. The van der Waals surface area contributed by atoms with Crippen molar-refractivity contribution in [2.45, 2.75) is 24.9 Å². The number of methoxy groups -OCH3 is 1. The fourth-order valence-electron chi connectivity index (χ4n) is 2.90. The average molecular weight is 369 g/mol. The van der Waals surface area contributed by atoms with E-state index in [0.29, 0.717) is 18.9 Å². The number of alkyl carbamates (subject to hydrolysis) is 1. The molecular formula is C21H23NO5. The van der Waals surface area contributed by atoms with E-state index in [4.69, 9.17) is 14.2 Å². The summed E-state index contributed by atoms with van der Waals surface area (Å²) in [4.78, 5) is 23.5. The second-order valence-corrected chi connectivity index (χ2v) is 6.44. The molecule has 0 bridgehead atoms. The highest BCUT2D eigenvalue weighted by Crippen LogP contribution is 2.49. The monoisotopic (exact) mass is 369 g/mol. The van der Waals surface area contributed by atoms with E-state index < -0.39 is 11.5 Å². The molecule has 0 spiro atoms. The van der Waals surface area contributed by atoms with Crippen molar-refractivity contribution in [3.63, 3.8) is 0 Å². The first-order chi connectivity index (χ1) is 13.1. The molecular weight excluding hydrogens is 346 g/mol. The van der Waals surface area contributed by atoms with Gasteiger partial charge < -0.3 is 19.5 Å². The maximum atomic E-state index is 11.9. The quantitative estimate of drug-likeness (QED) is 0.571. The lowest BCUT2D eigenvalue weighted by Gasteiger charge is -2.14. The molecule has 3 rings (SSSR count). The lowest BCUT2D eigenvalue weighted by atomic mass is 9.96. The van der Waals surface area contributed by atoms with Crippen LogP contribution in [0.5, 0.6) is 5.75 Å². The van der Waals surface area contributed by atoms with Gasteiger partial charge in [0.25, 0.3) is 0 Å². The summed E-state index contributed by atoms with van der Waals surface area (Å²) in [7, 11) is 1.41. The zero-order chi connectivity index (χ0) is 19.1. The third-order valence-electron chi connectivity index (χ3n) is 4.59. The second-order valence-electron chi connectivity index (χ2n) is 6.44. The average Bonchev–Trinajstić information content (AvgIpc) is 3.52. The van der Waals surface area contributed by atoms with Gasteiger partial charge in [0, 0.05) is 0 Å². The Balaban J connectivity index is 1.37. The van der Waals surface area contributed by atoms with Gasteiger partial charge in [-0.15, -0.1) is 0 Å². The molecule has 1 fully saturated rings. The SMILES string of the molecule is COC(=O)C1(c2ccc(OCCNC(=O)OCc3ccccc3)cc2)CC1. The van der Waals surface area contributed by atoms with Crippen molar-refractivity contribution in [1.82, 2.24) is 5.32 Å². The van der Waals surface area contributed by atoms with Crippen LogP contribution in [-0.4, -0.2) is 32.3 Å². The normalized spacial score (nSPS) is 14.1. The molecule has 1 aliphatic carbocycles. The molecule has 0 radical (unpaired) electrons. The van der Waals surface area contributed by atoms with Crippen LogP contribution in [-0.2, 0) is 26.3 Å². The Labute approximate surface area is 158 Å². The molecule has 1 N–H and O–H groups in total. The Morgan fingerprint density at radius 3 is 2.37 bits per heavy atom. The third kappa shape index (κ3) is 4.78. The van der Waals surface area contributed by atoms with E-state index >= 15 is 0 Å². The van der Waals surface area contributed by atoms with Gasteiger partial charge in [0.2, 0.25) is 0 Å². The minimum atomic E-state index is -0.480. The molecule has 0 saturated heterocycles. The summed E-state index contributed by atoms with van der Waals surface area (Å²) in [6.07, 6.45) is 1.15.